The first-order valence-corrected chi connectivity index (χ1v) is 10.7. The SMILES string of the molecule is CCC[C@]12CC[C@@H]3C4=C(CC[C@H]3[C@@H]1CC[C@@]2(O)CC)CC(OC)=CC4. The fourth-order valence-corrected chi connectivity index (χ4v) is 7.49. The lowest BCUT2D eigenvalue weighted by Gasteiger charge is -2.55. The molecule has 0 aromatic carbocycles. The Morgan fingerprint density at radius 1 is 1.20 bits per heavy atom. The average Bonchev–Trinajstić information content (AvgIpc) is 2.94. The number of aliphatic hydroxyl groups is 1. The summed E-state index contributed by atoms with van der Waals surface area (Å²) in [6.07, 6.45) is 15.3. The van der Waals surface area contributed by atoms with Crippen LogP contribution in [-0.2, 0) is 4.74 Å². The molecule has 0 aromatic rings. The molecule has 140 valence electrons. The van der Waals surface area contributed by atoms with E-state index in [0.717, 1.165) is 43.4 Å². The highest BCUT2D eigenvalue weighted by molar-refractivity contribution is 5.33. The van der Waals surface area contributed by atoms with Gasteiger partial charge in [0.25, 0.3) is 0 Å². The van der Waals surface area contributed by atoms with E-state index in [2.05, 4.69) is 19.9 Å². The topological polar surface area (TPSA) is 29.5 Å². The molecule has 2 fully saturated rings. The van der Waals surface area contributed by atoms with Crippen LogP contribution in [0.4, 0.5) is 0 Å². The molecule has 0 radical (unpaired) electrons. The zero-order valence-electron chi connectivity index (χ0n) is 16.4. The summed E-state index contributed by atoms with van der Waals surface area (Å²) in [6.45, 7) is 4.53. The van der Waals surface area contributed by atoms with Gasteiger partial charge in [0.05, 0.1) is 18.5 Å². The lowest BCUT2D eigenvalue weighted by atomic mass is 9.50. The molecule has 0 saturated heterocycles. The van der Waals surface area contributed by atoms with E-state index >= 15 is 0 Å². The van der Waals surface area contributed by atoms with E-state index in [1.165, 1.54) is 50.7 Å². The number of ether oxygens (including phenoxy) is 1. The van der Waals surface area contributed by atoms with Crippen LogP contribution >= 0.6 is 0 Å². The zero-order chi connectivity index (χ0) is 17.7. The quantitative estimate of drug-likeness (QED) is 0.657. The highest BCUT2D eigenvalue weighted by Gasteiger charge is 2.62. The van der Waals surface area contributed by atoms with Gasteiger partial charge >= 0.3 is 0 Å². The standard InChI is InChI=1S/C23H36O2/c1-4-12-22-13-10-19-18-9-7-17(25-3)15-16(18)6-8-20(19)21(22)11-14-23(22,24)5-2/h7,19-21,24H,4-6,8-15H2,1-3H3/t19-,20-,21+,22+,23+/m1/s1. The van der Waals surface area contributed by atoms with E-state index in [4.69, 9.17) is 4.74 Å². The Balaban J connectivity index is 1.63. The van der Waals surface area contributed by atoms with Gasteiger partial charge in [0.1, 0.15) is 0 Å². The molecule has 0 amide bonds. The third-order valence-corrected chi connectivity index (χ3v) is 8.60. The van der Waals surface area contributed by atoms with Gasteiger partial charge < -0.3 is 9.84 Å². The molecule has 5 atom stereocenters. The second-order valence-electron chi connectivity index (χ2n) is 9.17. The first-order chi connectivity index (χ1) is 12.1. The van der Waals surface area contributed by atoms with Crippen molar-refractivity contribution in [2.75, 3.05) is 7.11 Å². The van der Waals surface area contributed by atoms with Gasteiger partial charge in [0, 0.05) is 11.8 Å². The molecule has 0 heterocycles. The lowest BCUT2D eigenvalue weighted by molar-refractivity contribution is -0.124. The van der Waals surface area contributed by atoms with Crippen LogP contribution in [0.2, 0.25) is 0 Å². The van der Waals surface area contributed by atoms with Crippen LogP contribution in [0.25, 0.3) is 0 Å². The van der Waals surface area contributed by atoms with Crippen LogP contribution in [0.15, 0.2) is 23.0 Å². The Morgan fingerprint density at radius 2 is 2.04 bits per heavy atom. The molecule has 4 aliphatic rings. The largest absolute Gasteiger partial charge is 0.501 e. The molecule has 4 aliphatic carbocycles. The summed E-state index contributed by atoms with van der Waals surface area (Å²) in [6, 6.07) is 0. The molecule has 0 unspecified atom stereocenters. The maximum absolute atomic E-state index is 11.5. The molecule has 25 heavy (non-hydrogen) atoms. The Labute approximate surface area is 153 Å². The summed E-state index contributed by atoms with van der Waals surface area (Å²) in [4.78, 5) is 0. The second kappa shape index (κ2) is 6.44. The second-order valence-corrected chi connectivity index (χ2v) is 9.17. The van der Waals surface area contributed by atoms with E-state index in [-0.39, 0.29) is 5.41 Å². The molecule has 2 saturated carbocycles. The predicted molar refractivity (Wildman–Crippen MR) is 102 cm³/mol. The number of hydrogen-bond acceptors (Lipinski definition) is 2. The van der Waals surface area contributed by atoms with Gasteiger partial charge in [-0.15, -0.1) is 0 Å². The Bertz CT molecular complexity index is 589. The van der Waals surface area contributed by atoms with Crippen LogP contribution in [0.5, 0.6) is 0 Å². The number of fused-ring (bicyclic) bond motifs is 4. The summed E-state index contributed by atoms with van der Waals surface area (Å²) >= 11 is 0. The van der Waals surface area contributed by atoms with E-state index in [0.29, 0.717) is 0 Å². The van der Waals surface area contributed by atoms with Crippen molar-refractivity contribution in [1.29, 1.82) is 0 Å². The maximum atomic E-state index is 11.5. The van der Waals surface area contributed by atoms with Gasteiger partial charge in [-0.2, -0.15) is 0 Å². The fraction of sp³-hybridized carbons (Fsp3) is 0.826. The van der Waals surface area contributed by atoms with Crippen LogP contribution in [0.1, 0.15) is 84.5 Å². The van der Waals surface area contributed by atoms with Gasteiger partial charge in [0.15, 0.2) is 0 Å². The van der Waals surface area contributed by atoms with Crippen LogP contribution in [-0.4, -0.2) is 17.8 Å². The molecule has 0 aromatic heterocycles. The van der Waals surface area contributed by atoms with Crippen LogP contribution in [0.3, 0.4) is 0 Å². The molecule has 0 spiro atoms. The van der Waals surface area contributed by atoms with E-state index < -0.39 is 5.60 Å². The summed E-state index contributed by atoms with van der Waals surface area (Å²) in [5.74, 6) is 3.53. The maximum Gasteiger partial charge on any atom is 0.0959 e. The molecule has 2 nitrogen and oxygen atoms in total. The van der Waals surface area contributed by atoms with Crippen LogP contribution < -0.4 is 0 Å². The normalized spacial score (nSPS) is 43.2. The molecular formula is C23H36O2. The highest BCUT2D eigenvalue weighted by atomic mass is 16.5. The molecule has 1 N–H and O–H groups in total. The minimum atomic E-state index is -0.400. The Kier molecular flexibility index (Phi) is 4.55. The van der Waals surface area contributed by atoms with Gasteiger partial charge in [-0.05, 0) is 81.6 Å². The van der Waals surface area contributed by atoms with Gasteiger partial charge in [0.2, 0.25) is 0 Å². The number of methoxy groups -OCH3 is 1. The van der Waals surface area contributed by atoms with Crippen molar-refractivity contribution in [3.63, 3.8) is 0 Å². The lowest BCUT2D eigenvalue weighted by Crippen LogP contribution is -2.52. The van der Waals surface area contributed by atoms with E-state index in [9.17, 15) is 5.11 Å². The van der Waals surface area contributed by atoms with Gasteiger partial charge in [-0.3, -0.25) is 0 Å². The van der Waals surface area contributed by atoms with E-state index in [1.807, 2.05) is 7.11 Å². The molecule has 0 aliphatic heterocycles. The van der Waals surface area contributed by atoms with Crippen molar-refractivity contribution < 1.29 is 9.84 Å². The van der Waals surface area contributed by atoms with Crippen molar-refractivity contribution in [1.82, 2.24) is 0 Å². The minimum Gasteiger partial charge on any atom is -0.501 e. The van der Waals surface area contributed by atoms with E-state index in [1.54, 1.807) is 11.1 Å². The third kappa shape index (κ3) is 2.46. The zero-order valence-corrected chi connectivity index (χ0v) is 16.4. The molecular weight excluding hydrogens is 308 g/mol. The molecule has 2 heteroatoms. The van der Waals surface area contributed by atoms with Crippen molar-refractivity contribution in [2.45, 2.75) is 90.1 Å². The average molecular weight is 345 g/mol. The summed E-state index contributed by atoms with van der Waals surface area (Å²) < 4.78 is 5.53. The van der Waals surface area contributed by atoms with Crippen molar-refractivity contribution in [3.8, 4) is 0 Å². The number of rotatable bonds is 4. The summed E-state index contributed by atoms with van der Waals surface area (Å²) in [5, 5.41) is 11.5. The summed E-state index contributed by atoms with van der Waals surface area (Å²) in [5.41, 5.74) is 3.25. The highest BCUT2D eigenvalue weighted by Crippen LogP contribution is 2.66. The van der Waals surface area contributed by atoms with Crippen LogP contribution in [0, 0.1) is 23.2 Å². The molecule has 4 rings (SSSR count). The Morgan fingerprint density at radius 3 is 2.76 bits per heavy atom. The predicted octanol–water partition coefficient (Wildman–Crippen LogP) is 5.76. The molecule has 0 bridgehead atoms. The fourth-order valence-electron chi connectivity index (χ4n) is 7.49. The monoisotopic (exact) mass is 344 g/mol. The van der Waals surface area contributed by atoms with Crippen molar-refractivity contribution in [3.05, 3.63) is 23.0 Å². The minimum absolute atomic E-state index is 0.206. The number of allylic oxidation sites excluding steroid dienone is 3. The first kappa shape index (κ1) is 17.6. The number of hydrogen-bond donors (Lipinski definition) is 1. The van der Waals surface area contributed by atoms with Crippen molar-refractivity contribution >= 4 is 0 Å². The first-order valence-electron chi connectivity index (χ1n) is 10.7. The van der Waals surface area contributed by atoms with Gasteiger partial charge in [-0.1, -0.05) is 31.4 Å². The van der Waals surface area contributed by atoms with Crippen molar-refractivity contribution in [2.24, 2.45) is 23.2 Å². The van der Waals surface area contributed by atoms with Gasteiger partial charge in [-0.25, -0.2) is 0 Å². The Hall–Kier alpha value is -0.760. The third-order valence-electron chi connectivity index (χ3n) is 8.60. The smallest absolute Gasteiger partial charge is 0.0959 e. The summed E-state index contributed by atoms with van der Waals surface area (Å²) in [7, 11) is 1.81.